The first-order chi connectivity index (χ1) is 14.5. The molecule has 3 N–H and O–H groups in total. The van der Waals surface area contributed by atoms with Crippen LogP contribution in [0.2, 0.25) is 0 Å². The number of aryl methyl sites for hydroxylation is 1. The van der Waals surface area contributed by atoms with Crippen LogP contribution in [0.1, 0.15) is 49.8 Å². The molecule has 0 bridgehead atoms. The van der Waals surface area contributed by atoms with Gasteiger partial charge in [0.25, 0.3) is 0 Å². The first-order valence-corrected chi connectivity index (χ1v) is 10.7. The molecule has 162 valence electrons. The monoisotopic (exact) mass is 412 g/mol. The molecule has 0 spiro atoms. The van der Waals surface area contributed by atoms with E-state index >= 15 is 0 Å². The van der Waals surface area contributed by atoms with Crippen LogP contribution in [0.25, 0.3) is 0 Å². The molecule has 0 radical (unpaired) electrons. The fraction of sp³-hybridized carbons (Fsp3) is 0.522. The van der Waals surface area contributed by atoms with Crippen molar-refractivity contribution < 1.29 is 14.4 Å². The fourth-order valence-electron chi connectivity index (χ4n) is 4.28. The van der Waals surface area contributed by atoms with E-state index in [2.05, 4.69) is 34.7 Å². The molecular weight excluding hydrogens is 380 g/mol. The number of carbonyl (C=O) groups is 3. The predicted octanol–water partition coefficient (Wildman–Crippen LogP) is 1.45. The zero-order valence-electron chi connectivity index (χ0n) is 17.8. The Morgan fingerprint density at radius 1 is 1.20 bits per heavy atom. The molecule has 3 amide bonds. The molecule has 1 aromatic carbocycles. The average Bonchev–Trinajstić information content (AvgIpc) is 3.26. The van der Waals surface area contributed by atoms with Gasteiger partial charge in [-0.25, -0.2) is 0 Å². The largest absolute Gasteiger partial charge is 0.347 e. The summed E-state index contributed by atoms with van der Waals surface area (Å²) in [6, 6.07) is 6.39. The molecule has 0 aromatic heterocycles. The van der Waals surface area contributed by atoms with Gasteiger partial charge in [-0.15, -0.1) is 6.58 Å². The van der Waals surface area contributed by atoms with E-state index in [1.165, 1.54) is 17.2 Å². The lowest BCUT2D eigenvalue weighted by molar-refractivity contribution is -0.140. The topological polar surface area (TPSA) is 90.5 Å². The second kappa shape index (κ2) is 9.89. The Bertz CT molecular complexity index is 809. The van der Waals surface area contributed by atoms with Crippen molar-refractivity contribution in [3.63, 3.8) is 0 Å². The van der Waals surface area contributed by atoms with Crippen LogP contribution in [0.4, 0.5) is 0 Å². The summed E-state index contributed by atoms with van der Waals surface area (Å²) >= 11 is 0. The van der Waals surface area contributed by atoms with Gasteiger partial charge in [0.05, 0.1) is 12.1 Å². The van der Waals surface area contributed by atoms with E-state index in [1.54, 1.807) is 18.9 Å². The van der Waals surface area contributed by atoms with Gasteiger partial charge in [-0.05, 0) is 57.2 Å². The lowest BCUT2D eigenvalue weighted by atomic mass is 9.87. The zero-order chi connectivity index (χ0) is 21.7. The maximum absolute atomic E-state index is 13.1. The summed E-state index contributed by atoms with van der Waals surface area (Å²) in [5.41, 5.74) is 2.45. The van der Waals surface area contributed by atoms with Gasteiger partial charge in [0, 0.05) is 6.54 Å². The van der Waals surface area contributed by atoms with Gasteiger partial charge >= 0.3 is 0 Å². The second-order valence-corrected chi connectivity index (χ2v) is 8.07. The first kappa shape index (κ1) is 22.0. The number of carbonyl (C=O) groups excluding carboxylic acids is 3. The van der Waals surface area contributed by atoms with Crippen molar-refractivity contribution >= 4 is 17.7 Å². The Morgan fingerprint density at radius 3 is 2.70 bits per heavy atom. The van der Waals surface area contributed by atoms with Crippen LogP contribution in [-0.4, -0.2) is 54.3 Å². The minimum atomic E-state index is -0.850. The number of fused-ring (bicyclic) bond motifs is 1. The van der Waals surface area contributed by atoms with Crippen LogP contribution in [0.5, 0.6) is 0 Å². The number of nitrogens with zero attached hydrogens (tertiary/aromatic N) is 1. The van der Waals surface area contributed by atoms with Gasteiger partial charge in [0.2, 0.25) is 17.7 Å². The molecule has 1 aromatic rings. The summed E-state index contributed by atoms with van der Waals surface area (Å²) in [6.07, 6.45) is 5.77. The Labute approximate surface area is 178 Å². The third-order valence-corrected chi connectivity index (χ3v) is 6.15. The standard InChI is InChI=1S/C23H32N4O3/c1-4-18(25-21(28)15(2)24-3)23(30)27-14-8-13-20(27)22(29)26-19-12-7-10-16-9-5-6-11-17(16)19/h4-6,9,11,15,18-20,24H,1,7-8,10,12-14H2,2-3H3,(H,25,28)(H,26,29)/t15-,18-,19+,20-/m0/s1. The highest BCUT2D eigenvalue weighted by molar-refractivity contribution is 5.94. The molecule has 7 nitrogen and oxygen atoms in total. The average molecular weight is 413 g/mol. The lowest BCUT2D eigenvalue weighted by Gasteiger charge is -2.31. The summed E-state index contributed by atoms with van der Waals surface area (Å²) < 4.78 is 0. The highest BCUT2D eigenvalue weighted by Gasteiger charge is 2.38. The van der Waals surface area contributed by atoms with Gasteiger partial charge < -0.3 is 20.9 Å². The van der Waals surface area contributed by atoms with E-state index in [-0.39, 0.29) is 23.8 Å². The summed E-state index contributed by atoms with van der Waals surface area (Å²) in [5, 5.41) is 8.72. The number of hydrogen-bond acceptors (Lipinski definition) is 4. The molecule has 1 saturated heterocycles. The van der Waals surface area contributed by atoms with Crippen molar-refractivity contribution in [3.8, 4) is 0 Å². The second-order valence-electron chi connectivity index (χ2n) is 8.07. The van der Waals surface area contributed by atoms with Crippen LogP contribution >= 0.6 is 0 Å². The molecule has 30 heavy (non-hydrogen) atoms. The smallest absolute Gasteiger partial charge is 0.249 e. The molecule has 0 unspecified atom stereocenters. The summed E-state index contributed by atoms with van der Waals surface area (Å²) in [6.45, 7) is 5.91. The van der Waals surface area contributed by atoms with Gasteiger partial charge in [-0.1, -0.05) is 30.3 Å². The molecule has 2 aliphatic rings. The number of nitrogens with one attached hydrogen (secondary N) is 3. The quantitative estimate of drug-likeness (QED) is 0.591. The van der Waals surface area contributed by atoms with Crippen molar-refractivity contribution in [1.82, 2.24) is 20.9 Å². The van der Waals surface area contributed by atoms with Crippen LogP contribution < -0.4 is 16.0 Å². The summed E-state index contributed by atoms with van der Waals surface area (Å²) in [5.74, 6) is -0.696. The lowest BCUT2D eigenvalue weighted by Crippen LogP contribution is -2.55. The van der Waals surface area contributed by atoms with E-state index in [0.717, 1.165) is 25.7 Å². The SMILES string of the molecule is C=C[C@H](NC(=O)[C@H](C)NC)C(=O)N1CCC[C@H]1C(=O)N[C@@H]1CCCc2ccccc21. The van der Waals surface area contributed by atoms with Gasteiger partial charge in [0.15, 0.2) is 0 Å². The number of amides is 3. The molecule has 1 fully saturated rings. The van der Waals surface area contributed by atoms with Crippen LogP contribution in [0, 0.1) is 0 Å². The number of likely N-dealkylation sites (N-methyl/N-ethyl adjacent to an activating group) is 1. The molecule has 1 heterocycles. The Kier molecular flexibility index (Phi) is 7.26. The minimum Gasteiger partial charge on any atom is -0.347 e. The fourth-order valence-corrected chi connectivity index (χ4v) is 4.28. The minimum absolute atomic E-state index is 0.0219. The van der Waals surface area contributed by atoms with E-state index in [1.807, 2.05) is 12.1 Å². The number of likely N-dealkylation sites (tertiary alicyclic amines) is 1. The van der Waals surface area contributed by atoms with Crippen molar-refractivity contribution in [3.05, 3.63) is 48.0 Å². The molecule has 1 aliphatic carbocycles. The highest BCUT2D eigenvalue weighted by Crippen LogP contribution is 2.30. The third-order valence-electron chi connectivity index (χ3n) is 6.15. The van der Waals surface area contributed by atoms with Crippen molar-refractivity contribution in [1.29, 1.82) is 0 Å². The summed E-state index contributed by atoms with van der Waals surface area (Å²) in [4.78, 5) is 39.9. The van der Waals surface area contributed by atoms with E-state index in [9.17, 15) is 14.4 Å². The molecule has 1 aliphatic heterocycles. The Balaban J connectivity index is 1.67. The third kappa shape index (κ3) is 4.73. The Morgan fingerprint density at radius 2 is 1.97 bits per heavy atom. The predicted molar refractivity (Wildman–Crippen MR) is 116 cm³/mol. The number of hydrogen-bond donors (Lipinski definition) is 3. The molecule has 3 rings (SSSR count). The van der Waals surface area contributed by atoms with Gasteiger partial charge in [-0.2, -0.15) is 0 Å². The molecule has 0 saturated carbocycles. The Hall–Kier alpha value is -2.67. The van der Waals surface area contributed by atoms with Gasteiger partial charge in [0.1, 0.15) is 12.1 Å². The number of rotatable bonds is 7. The summed E-state index contributed by atoms with van der Waals surface area (Å²) in [7, 11) is 1.68. The van der Waals surface area contributed by atoms with Crippen molar-refractivity contribution in [2.24, 2.45) is 0 Å². The maximum Gasteiger partial charge on any atom is 0.249 e. The van der Waals surface area contributed by atoms with Crippen molar-refractivity contribution in [2.75, 3.05) is 13.6 Å². The highest BCUT2D eigenvalue weighted by atomic mass is 16.2. The van der Waals surface area contributed by atoms with E-state index < -0.39 is 18.1 Å². The van der Waals surface area contributed by atoms with E-state index in [0.29, 0.717) is 13.0 Å². The van der Waals surface area contributed by atoms with Crippen LogP contribution in [0.3, 0.4) is 0 Å². The molecule has 7 heteroatoms. The molecule has 4 atom stereocenters. The molecular formula is C23H32N4O3. The van der Waals surface area contributed by atoms with Crippen LogP contribution in [-0.2, 0) is 20.8 Å². The first-order valence-electron chi connectivity index (χ1n) is 10.7. The van der Waals surface area contributed by atoms with Gasteiger partial charge in [-0.3, -0.25) is 14.4 Å². The normalized spacial score (nSPS) is 22.5. The van der Waals surface area contributed by atoms with Crippen LogP contribution in [0.15, 0.2) is 36.9 Å². The number of benzene rings is 1. The maximum atomic E-state index is 13.1. The van der Waals surface area contributed by atoms with E-state index in [4.69, 9.17) is 0 Å². The zero-order valence-corrected chi connectivity index (χ0v) is 17.8. The van der Waals surface area contributed by atoms with Crippen molar-refractivity contribution in [2.45, 2.75) is 63.2 Å².